The van der Waals surface area contributed by atoms with Crippen LogP contribution < -0.4 is 19.3 Å². The molecule has 0 spiro atoms. The average Bonchev–Trinajstić information content (AvgIpc) is 2.77. The highest BCUT2D eigenvalue weighted by molar-refractivity contribution is 7.92. The Morgan fingerprint density at radius 3 is 2.26 bits per heavy atom. The number of anilines is 2. The van der Waals surface area contributed by atoms with Crippen LogP contribution in [-0.2, 0) is 21.4 Å². The van der Waals surface area contributed by atoms with Crippen molar-refractivity contribution in [3.63, 3.8) is 0 Å². The molecule has 2 aromatic rings. The maximum atomic E-state index is 12.5. The predicted molar refractivity (Wildman–Crippen MR) is 124 cm³/mol. The Hall–Kier alpha value is -2.74. The molecular formula is C23H31N3O4S. The van der Waals surface area contributed by atoms with Crippen LogP contribution in [0.1, 0.15) is 31.7 Å². The number of piperidine rings is 1. The standard InChI is InChI=1S/C23H31N3O4S/c1-3-30-22-13-11-21(12-14-22)26(31(2,28)29)18-23(27)24-17-19-7-9-20(10-8-19)25-15-5-4-6-16-25/h7-14H,3-6,15-18H2,1-2H3,(H,24,27). The van der Waals surface area contributed by atoms with Crippen LogP contribution >= 0.6 is 0 Å². The van der Waals surface area contributed by atoms with E-state index in [0.717, 1.165) is 29.2 Å². The van der Waals surface area contributed by atoms with Gasteiger partial charge in [0.15, 0.2) is 0 Å². The molecular weight excluding hydrogens is 414 g/mol. The Balaban J connectivity index is 1.58. The van der Waals surface area contributed by atoms with Crippen LogP contribution in [0.5, 0.6) is 5.75 Å². The number of hydrogen-bond acceptors (Lipinski definition) is 5. The highest BCUT2D eigenvalue weighted by Crippen LogP contribution is 2.22. The van der Waals surface area contributed by atoms with Crippen molar-refractivity contribution < 1.29 is 17.9 Å². The van der Waals surface area contributed by atoms with Gasteiger partial charge in [0, 0.05) is 25.3 Å². The van der Waals surface area contributed by atoms with Gasteiger partial charge in [0.25, 0.3) is 0 Å². The second-order valence-electron chi connectivity index (χ2n) is 7.69. The van der Waals surface area contributed by atoms with Gasteiger partial charge in [-0.3, -0.25) is 9.10 Å². The molecule has 1 aliphatic heterocycles. The highest BCUT2D eigenvalue weighted by atomic mass is 32.2. The Morgan fingerprint density at radius 2 is 1.68 bits per heavy atom. The van der Waals surface area contributed by atoms with Crippen LogP contribution in [-0.4, -0.2) is 46.8 Å². The van der Waals surface area contributed by atoms with Crippen molar-refractivity contribution in [2.24, 2.45) is 0 Å². The summed E-state index contributed by atoms with van der Waals surface area (Å²) in [7, 11) is -3.61. The summed E-state index contributed by atoms with van der Waals surface area (Å²) in [6, 6.07) is 14.8. The lowest BCUT2D eigenvalue weighted by molar-refractivity contribution is -0.119. The molecule has 8 heteroatoms. The molecule has 0 atom stereocenters. The summed E-state index contributed by atoms with van der Waals surface area (Å²) in [5, 5.41) is 2.82. The average molecular weight is 446 g/mol. The van der Waals surface area contributed by atoms with Gasteiger partial charge in [-0.25, -0.2) is 8.42 Å². The van der Waals surface area contributed by atoms with E-state index in [4.69, 9.17) is 4.74 Å². The molecule has 168 valence electrons. The third-order valence-electron chi connectivity index (χ3n) is 5.27. The van der Waals surface area contributed by atoms with E-state index in [2.05, 4.69) is 22.3 Å². The summed E-state index contributed by atoms with van der Waals surface area (Å²) in [6.07, 6.45) is 4.84. The van der Waals surface area contributed by atoms with Gasteiger partial charge < -0.3 is 15.0 Å². The first kappa shape index (κ1) is 22.9. The number of carbonyl (C=O) groups excluding carboxylic acids is 1. The monoisotopic (exact) mass is 445 g/mol. The lowest BCUT2D eigenvalue weighted by Crippen LogP contribution is -2.40. The zero-order valence-electron chi connectivity index (χ0n) is 18.2. The Morgan fingerprint density at radius 1 is 1.03 bits per heavy atom. The molecule has 0 aromatic heterocycles. The van der Waals surface area contributed by atoms with Crippen LogP contribution in [0.25, 0.3) is 0 Å². The second kappa shape index (κ2) is 10.5. The fourth-order valence-electron chi connectivity index (χ4n) is 3.64. The zero-order chi connectivity index (χ0) is 22.3. The van der Waals surface area contributed by atoms with E-state index in [-0.39, 0.29) is 12.5 Å². The number of hydrogen-bond donors (Lipinski definition) is 1. The molecule has 1 saturated heterocycles. The van der Waals surface area contributed by atoms with Crippen LogP contribution in [0.4, 0.5) is 11.4 Å². The van der Waals surface area contributed by atoms with Crippen LogP contribution in [0.3, 0.4) is 0 Å². The minimum Gasteiger partial charge on any atom is -0.494 e. The van der Waals surface area contributed by atoms with Crippen LogP contribution in [0, 0.1) is 0 Å². The van der Waals surface area contributed by atoms with Crippen molar-refractivity contribution in [2.45, 2.75) is 32.7 Å². The fraction of sp³-hybridized carbons (Fsp3) is 0.435. The van der Waals surface area contributed by atoms with E-state index in [9.17, 15) is 13.2 Å². The zero-order valence-corrected chi connectivity index (χ0v) is 19.0. The second-order valence-corrected chi connectivity index (χ2v) is 9.59. The molecule has 1 heterocycles. The van der Waals surface area contributed by atoms with E-state index >= 15 is 0 Å². The summed E-state index contributed by atoms with van der Waals surface area (Å²) < 4.78 is 31.0. The molecule has 0 aliphatic carbocycles. The van der Waals surface area contributed by atoms with Gasteiger partial charge in [-0.05, 0) is 68.1 Å². The van der Waals surface area contributed by atoms with Gasteiger partial charge in [-0.15, -0.1) is 0 Å². The smallest absolute Gasteiger partial charge is 0.241 e. The van der Waals surface area contributed by atoms with Crippen LogP contribution in [0.15, 0.2) is 48.5 Å². The van der Waals surface area contributed by atoms with E-state index in [0.29, 0.717) is 24.6 Å². The van der Waals surface area contributed by atoms with Gasteiger partial charge >= 0.3 is 0 Å². The van der Waals surface area contributed by atoms with Gasteiger partial charge in [0.1, 0.15) is 12.3 Å². The van der Waals surface area contributed by atoms with Gasteiger partial charge in [-0.1, -0.05) is 12.1 Å². The number of sulfonamides is 1. The summed E-state index contributed by atoms with van der Waals surface area (Å²) in [4.78, 5) is 14.9. The Kier molecular flexibility index (Phi) is 7.79. The number of rotatable bonds is 9. The summed E-state index contributed by atoms with van der Waals surface area (Å²) >= 11 is 0. The maximum Gasteiger partial charge on any atom is 0.241 e. The molecule has 0 bridgehead atoms. The van der Waals surface area contributed by atoms with Crippen molar-refractivity contribution in [1.29, 1.82) is 0 Å². The molecule has 1 fully saturated rings. The molecule has 0 saturated carbocycles. The first-order valence-electron chi connectivity index (χ1n) is 10.7. The molecule has 0 unspecified atom stereocenters. The Labute approximate surface area is 185 Å². The number of nitrogens with one attached hydrogen (secondary N) is 1. The quantitative estimate of drug-likeness (QED) is 0.641. The SMILES string of the molecule is CCOc1ccc(N(CC(=O)NCc2ccc(N3CCCCC3)cc2)S(C)(=O)=O)cc1. The Bertz CT molecular complexity index is 953. The van der Waals surface area contributed by atoms with E-state index in [1.807, 2.05) is 19.1 Å². The number of nitrogens with zero attached hydrogens (tertiary/aromatic N) is 2. The van der Waals surface area contributed by atoms with Crippen molar-refractivity contribution >= 4 is 27.3 Å². The third kappa shape index (κ3) is 6.62. The van der Waals surface area contributed by atoms with Crippen molar-refractivity contribution in [3.8, 4) is 5.75 Å². The van der Waals surface area contributed by atoms with Gasteiger partial charge in [0.05, 0.1) is 18.6 Å². The predicted octanol–water partition coefficient (Wildman–Crippen LogP) is 3.16. The largest absolute Gasteiger partial charge is 0.494 e. The molecule has 3 rings (SSSR count). The van der Waals surface area contributed by atoms with Crippen molar-refractivity contribution in [2.75, 3.05) is 41.7 Å². The molecule has 1 aliphatic rings. The highest BCUT2D eigenvalue weighted by Gasteiger charge is 2.21. The first-order valence-corrected chi connectivity index (χ1v) is 12.5. The molecule has 1 N–H and O–H groups in total. The third-order valence-corrected chi connectivity index (χ3v) is 6.41. The maximum absolute atomic E-state index is 12.5. The number of carbonyl (C=O) groups is 1. The topological polar surface area (TPSA) is 79.0 Å². The lowest BCUT2D eigenvalue weighted by atomic mass is 10.1. The molecule has 31 heavy (non-hydrogen) atoms. The molecule has 2 aromatic carbocycles. The normalized spacial score (nSPS) is 14.2. The molecule has 0 radical (unpaired) electrons. The minimum absolute atomic E-state index is 0.279. The van der Waals surface area contributed by atoms with E-state index in [1.165, 1.54) is 24.9 Å². The van der Waals surface area contributed by atoms with Crippen molar-refractivity contribution in [3.05, 3.63) is 54.1 Å². The molecule has 7 nitrogen and oxygen atoms in total. The minimum atomic E-state index is -3.61. The lowest BCUT2D eigenvalue weighted by Gasteiger charge is -2.28. The number of ether oxygens (including phenoxy) is 1. The summed E-state index contributed by atoms with van der Waals surface area (Å²) in [6.45, 7) is 4.64. The number of benzene rings is 2. The first-order chi connectivity index (χ1) is 14.9. The fourth-order valence-corrected chi connectivity index (χ4v) is 4.50. The van der Waals surface area contributed by atoms with Gasteiger partial charge in [-0.2, -0.15) is 0 Å². The van der Waals surface area contributed by atoms with E-state index in [1.54, 1.807) is 24.3 Å². The number of amides is 1. The summed E-state index contributed by atoms with van der Waals surface area (Å²) in [5.41, 5.74) is 2.60. The van der Waals surface area contributed by atoms with Gasteiger partial charge in [0.2, 0.25) is 15.9 Å². The molecule has 1 amide bonds. The summed E-state index contributed by atoms with van der Waals surface area (Å²) in [5.74, 6) is 0.288. The van der Waals surface area contributed by atoms with Crippen LogP contribution in [0.2, 0.25) is 0 Å². The van der Waals surface area contributed by atoms with Crippen molar-refractivity contribution in [1.82, 2.24) is 5.32 Å². The van der Waals surface area contributed by atoms with E-state index < -0.39 is 10.0 Å².